The SMILES string of the molecule is O=C(COc1ccc(Br)cc1[C@H]1c2sc(=O)[nH]c2SC2C(=O)N(c3ccccc3C(F)(F)F)C(=O)C21)Nc1ccc(F)cc1. The first-order valence-corrected chi connectivity index (χ1v) is 15.3. The van der Waals surface area contributed by atoms with E-state index in [9.17, 15) is 36.7 Å². The van der Waals surface area contributed by atoms with Gasteiger partial charge in [-0.2, -0.15) is 13.2 Å². The van der Waals surface area contributed by atoms with Crippen molar-refractivity contribution < 1.29 is 36.7 Å². The lowest BCUT2D eigenvalue weighted by atomic mass is 9.82. The fourth-order valence-corrected chi connectivity index (χ4v) is 8.15. The van der Waals surface area contributed by atoms with Crippen molar-refractivity contribution in [1.29, 1.82) is 0 Å². The second-order valence-electron chi connectivity index (χ2n) is 9.80. The van der Waals surface area contributed by atoms with E-state index < -0.39 is 69.5 Å². The molecule has 1 saturated heterocycles. The number of hydrogen-bond donors (Lipinski definition) is 2. The molecule has 1 fully saturated rings. The molecule has 0 spiro atoms. The van der Waals surface area contributed by atoms with Crippen LogP contribution in [-0.4, -0.2) is 34.6 Å². The topological polar surface area (TPSA) is 109 Å². The molecule has 2 aliphatic rings. The minimum Gasteiger partial charge on any atom is -0.483 e. The number of alkyl halides is 3. The number of hydrogen-bond acceptors (Lipinski definition) is 7. The highest BCUT2D eigenvalue weighted by molar-refractivity contribution is 9.10. The predicted octanol–water partition coefficient (Wildman–Crippen LogP) is 6.17. The van der Waals surface area contributed by atoms with E-state index >= 15 is 0 Å². The normalized spacial score (nSPS) is 19.5. The maximum atomic E-state index is 14.0. The first-order valence-electron chi connectivity index (χ1n) is 12.8. The van der Waals surface area contributed by atoms with Crippen LogP contribution in [0, 0.1) is 11.7 Å². The number of fused-ring (bicyclic) bond motifs is 2. The van der Waals surface area contributed by atoms with Crippen LogP contribution in [0.15, 0.2) is 81.0 Å². The summed E-state index contributed by atoms with van der Waals surface area (Å²) in [7, 11) is 0. The van der Waals surface area contributed by atoms with E-state index in [1.165, 1.54) is 42.5 Å². The molecule has 0 aliphatic carbocycles. The number of aromatic amines is 1. The van der Waals surface area contributed by atoms with Gasteiger partial charge in [-0.15, -0.1) is 0 Å². The van der Waals surface area contributed by atoms with Crippen LogP contribution in [0.25, 0.3) is 0 Å². The van der Waals surface area contributed by atoms with Crippen molar-refractivity contribution >= 4 is 68.1 Å². The van der Waals surface area contributed by atoms with Crippen LogP contribution in [0.2, 0.25) is 0 Å². The Morgan fingerprint density at radius 3 is 2.48 bits per heavy atom. The third-order valence-electron chi connectivity index (χ3n) is 7.07. The zero-order valence-corrected chi connectivity index (χ0v) is 25.2. The lowest BCUT2D eigenvalue weighted by molar-refractivity contribution is -0.137. The molecule has 15 heteroatoms. The van der Waals surface area contributed by atoms with E-state index in [4.69, 9.17) is 4.74 Å². The minimum atomic E-state index is -4.83. The number of rotatable bonds is 6. The Kier molecular flexibility index (Phi) is 7.88. The summed E-state index contributed by atoms with van der Waals surface area (Å²) < 4.78 is 61.4. The summed E-state index contributed by atoms with van der Waals surface area (Å²) in [4.78, 5) is 56.0. The molecular weight excluding hydrogens is 690 g/mol. The molecule has 2 unspecified atom stereocenters. The van der Waals surface area contributed by atoms with E-state index in [1.807, 2.05) is 0 Å². The fourth-order valence-electron chi connectivity index (χ4n) is 5.27. The smallest absolute Gasteiger partial charge is 0.418 e. The van der Waals surface area contributed by atoms with Crippen molar-refractivity contribution in [2.75, 3.05) is 16.8 Å². The van der Waals surface area contributed by atoms with Gasteiger partial charge >= 0.3 is 11.0 Å². The molecule has 1 aromatic heterocycles. The number of imide groups is 1. The molecule has 8 nitrogen and oxygen atoms in total. The molecule has 3 amide bonds. The van der Waals surface area contributed by atoms with Gasteiger partial charge in [-0.05, 0) is 54.6 Å². The Morgan fingerprint density at radius 2 is 1.75 bits per heavy atom. The molecule has 0 saturated carbocycles. The zero-order valence-electron chi connectivity index (χ0n) is 22.0. The average Bonchev–Trinajstić information content (AvgIpc) is 3.47. The number of thiazole rings is 1. The molecule has 3 aromatic carbocycles. The summed E-state index contributed by atoms with van der Waals surface area (Å²) in [6.07, 6.45) is -4.83. The number of nitrogens with zero attached hydrogens (tertiary/aromatic N) is 1. The minimum absolute atomic E-state index is 0.152. The number of nitrogens with one attached hydrogen (secondary N) is 2. The molecule has 6 rings (SSSR count). The summed E-state index contributed by atoms with van der Waals surface area (Å²) in [6.45, 7) is -0.490. The van der Waals surface area contributed by atoms with Crippen molar-refractivity contribution in [3.05, 3.63) is 103 Å². The largest absolute Gasteiger partial charge is 0.483 e. The van der Waals surface area contributed by atoms with Crippen LogP contribution < -0.4 is 19.8 Å². The van der Waals surface area contributed by atoms with Gasteiger partial charge in [-0.1, -0.05) is 51.2 Å². The number of H-pyrrole nitrogens is 1. The Morgan fingerprint density at radius 1 is 1.02 bits per heavy atom. The number of carbonyl (C=O) groups excluding carboxylic acids is 3. The lowest BCUT2D eigenvalue weighted by Crippen LogP contribution is -2.33. The van der Waals surface area contributed by atoms with Gasteiger partial charge in [-0.25, -0.2) is 9.29 Å². The van der Waals surface area contributed by atoms with Gasteiger partial charge in [0.05, 0.1) is 22.2 Å². The molecule has 4 aromatic rings. The van der Waals surface area contributed by atoms with Crippen LogP contribution in [-0.2, 0) is 20.6 Å². The maximum Gasteiger partial charge on any atom is 0.418 e. The van der Waals surface area contributed by atoms with E-state index in [-0.39, 0.29) is 5.75 Å². The number of anilines is 2. The van der Waals surface area contributed by atoms with Gasteiger partial charge in [0, 0.05) is 26.5 Å². The van der Waals surface area contributed by atoms with E-state index in [0.29, 0.717) is 30.5 Å². The number of carbonyl (C=O) groups is 3. The summed E-state index contributed by atoms with van der Waals surface area (Å²) >= 11 is 5.13. The average molecular weight is 709 g/mol. The zero-order chi connectivity index (χ0) is 31.3. The third kappa shape index (κ3) is 5.55. The highest BCUT2D eigenvalue weighted by Crippen LogP contribution is 2.55. The number of ether oxygens (including phenoxy) is 1. The molecule has 2 aliphatic heterocycles. The molecular formula is C29H18BrF4N3O5S2. The lowest BCUT2D eigenvalue weighted by Gasteiger charge is -2.31. The first-order chi connectivity index (χ1) is 20.9. The summed E-state index contributed by atoms with van der Waals surface area (Å²) in [6, 6.07) is 14.2. The van der Waals surface area contributed by atoms with Crippen molar-refractivity contribution in [3.8, 4) is 5.75 Å². The molecule has 44 heavy (non-hydrogen) atoms. The Balaban J connectivity index is 1.38. The van der Waals surface area contributed by atoms with Crippen LogP contribution >= 0.6 is 39.0 Å². The van der Waals surface area contributed by atoms with Gasteiger partial charge < -0.3 is 15.0 Å². The molecule has 0 bridgehead atoms. The first kappa shape index (κ1) is 30.1. The predicted molar refractivity (Wildman–Crippen MR) is 159 cm³/mol. The monoisotopic (exact) mass is 707 g/mol. The van der Waals surface area contributed by atoms with Gasteiger partial charge in [0.15, 0.2) is 6.61 Å². The van der Waals surface area contributed by atoms with Crippen LogP contribution in [0.5, 0.6) is 5.75 Å². The van der Waals surface area contributed by atoms with Gasteiger partial charge in [0.25, 0.3) is 5.91 Å². The van der Waals surface area contributed by atoms with Crippen molar-refractivity contribution in [1.82, 2.24) is 4.98 Å². The van der Waals surface area contributed by atoms with Gasteiger partial charge in [0.1, 0.15) is 16.8 Å². The number of halogens is 5. The highest BCUT2D eigenvalue weighted by atomic mass is 79.9. The van der Waals surface area contributed by atoms with Crippen molar-refractivity contribution in [2.45, 2.75) is 22.4 Å². The number of thioether (sulfide) groups is 1. The summed E-state index contributed by atoms with van der Waals surface area (Å²) in [5.41, 5.74) is -1.04. The third-order valence-corrected chi connectivity index (χ3v) is 9.96. The Hall–Kier alpha value is -3.95. The quantitative estimate of drug-likeness (QED) is 0.183. The number of aromatic nitrogens is 1. The highest BCUT2D eigenvalue weighted by Gasteiger charge is 2.57. The molecule has 226 valence electrons. The number of para-hydroxylation sites is 1. The van der Waals surface area contributed by atoms with Crippen LogP contribution in [0.3, 0.4) is 0 Å². The van der Waals surface area contributed by atoms with Crippen molar-refractivity contribution in [2.24, 2.45) is 5.92 Å². The van der Waals surface area contributed by atoms with Crippen LogP contribution in [0.4, 0.5) is 28.9 Å². The molecule has 3 atom stereocenters. The number of amides is 3. The van der Waals surface area contributed by atoms with E-state index in [0.717, 1.165) is 35.2 Å². The standard InChI is InChI=1S/C29H18BrF4N3O5S2/c30-13-5-10-19(42-12-20(38)35-15-8-6-14(31)7-9-15)16(11-13)21-22-24(43-25-23(21)44-28(41)36-25)27(40)37(26(22)39)18-4-2-1-3-17(18)29(32,33)34/h1-11,21-22,24H,12H2,(H,35,38)(H,36,41)/t21-,22?,24?/m1/s1. The molecule has 2 N–H and O–H groups in total. The van der Waals surface area contributed by atoms with E-state index in [2.05, 4.69) is 26.2 Å². The second-order valence-corrected chi connectivity index (χ2v) is 12.9. The fraction of sp³-hybridized carbons (Fsp3) is 0.172. The van der Waals surface area contributed by atoms with Gasteiger partial charge in [0.2, 0.25) is 11.8 Å². The van der Waals surface area contributed by atoms with Crippen LogP contribution in [0.1, 0.15) is 21.9 Å². The molecule has 0 radical (unpaired) electrons. The second kappa shape index (κ2) is 11.5. The Labute approximate surface area is 262 Å². The molecule has 3 heterocycles. The van der Waals surface area contributed by atoms with E-state index in [1.54, 1.807) is 12.1 Å². The van der Waals surface area contributed by atoms with Gasteiger partial charge in [-0.3, -0.25) is 19.2 Å². The maximum absolute atomic E-state index is 14.0. The summed E-state index contributed by atoms with van der Waals surface area (Å²) in [5, 5.41) is 1.74. The number of benzene rings is 3. The Bertz CT molecular complexity index is 1860. The van der Waals surface area contributed by atoms with Crippen molar-refractivity contribution in [3.63, 3.8) is 0 Å². The summed E-state index contributed by atoms with van der Waals surface area (Å²) in [5.74, 6) is -4.78.